The maximum Gasteiger partial charge on any atom is 0.280 e. The molecule has 0 bridgehead atoms. The predicted molar refractivity (Wildman–Crippen MR) is 102 cm³/mol. The summed E-state index contributed by atoms with van der Waals surface area (Å²) in [6.07, 6.45) is 8.13. The highest BCUT2D eigenvalue weighted by molar-refractivity contribution is 5.82. The van der Waals surface area contributed by atoms with Crippen LogP contribution >= 0.6 is 0 Å². The van der Waals surface area contributed by atoms with Crippen LogP contribution < -0.4 is 4.74 Å². The van der Waals surface area contributed by atoms with E-state index >= 15 is 0 Å². The largest absolute Gasteiger partial charge is 0.494 e. The summed E-state index contributed by atoms with van der Waals surface area (Å²) in [7, 11) is 0. The molecule has 7 heteroatoms. The number of hydrogen-bond acceptors (Lipinski definition) is 5. The fourth-order valence-electron chi connectivity index (χ4n) is 3.50. The van der Waals surface area contributed by atoms with Crippen LogP contribution in [-0.4, -0.2) is 41.2 Å². The minimum Gasteiger partial charge on any atom is -0.494 e. The van der Waals surface area contributed by atoms with E-state index in [9.17, 15) is 19.7 Å². The van der Waals surface area contributed by atoms with Crippen molar-refractivity contribution in [1.82, 2.24) is 4.90 Å². The fraction of sp³-hybridized carbons (Fsp3) is 0.600. The van der Waals surface area contributed by atoms with Gasteiger partial charge in [-0.2, -0.15) is 0 Å². The van der Waals surface area contributed by atoms with Gasteiger partial charge in [-0.1, -0.05) is 26.2 Å². The number of ether oxygens (including phenoxy) is 1. The van der Waals surface area contributed by atoms with Crippen LogP contribution in [0.5, 0.6) is 5.75 Å². The van der Waals surface area contributed by atoms with Gasteiger partial charge in [-0.15, -0.1) is 0 Å². The Bertz CT molecular complexity index is 656. The zero-order valence-electron chi connectivity index (χ0n) is 15.9. The van der Waals surface area contributed by atoms with Crippen LogP contribution in [0.25, 0.3) is 0 Å². The van der Waals surface area contributed by atoms with E-state index in [-0.39, 0.29) is 17.2 Å². The molecule has 0 radical (unpaired) electrons. The van der Waals surface area contributed by atoms with Gasteiger partial charge in [0.15, 0.2) is 6.29 Å². The second kappa shape index (κ2) is 10.6. The summed E-state index contributed by atoms with van der Waals surface area (Å²) >= 11 is 0. The molecule has 0 heterocycles. The molecule has 2 rings (SSSR count). The van der Waals surface area contributed by atoms with Gasteiger partial charge in [-0.3, -0.25) is 19.7 Å². The Balaban J connectivity index is 1.83. The van der Waals surface area contributed by atoms with Crippen LogP contribution in [0.4, 0.5) is 5.69 Å². The number of carbonyl (C=O) groups excluding carboxylic acids is 2. The zero-order valence-corrected chi connectivity index (χ0v) is 15.9. The van der Waals surface area contributed by atoms with E-state index in [1.807, 2.05) is 4.90 Å². The first-order valence-corrected chi connectivity index (χ1v) is 9.72. The van der Waals surface area contributed by atoms with Crippen LogP contribution in [0.3, 0.4) is 0 Å². The smallest absolute Gasteiger partial charge is 0.280 e. The second-order valence-electron chi connectivity index (χ2n) is 6.93. The van der Waals surface area contributed by atoms with E-state index in [1.165, 1.54) is 31.0 Å². The van der Waals surface area contributed by atoms with Crippen molar-refractivity contribution in [2.24, 2.45) is 0 Å². The van der Waals surface area contributed by atoms with Crippen LogP contribution in [-0.2, 0) is 4.79 Å². The Morgan fingerprint density at radius 1 is 1.33 bits per heavy atom. The zero-order chi connectivity index (χ0) is 19.6. The summed E-state index contributed by atoms with van der Waals surface area (Å²) in [5, 5.41) is 10.8. The molecule has 7 nitrogen and oxygen atoms in total. The lowest BCUT2D eigenvalue weighted by Crippen LogP contribution is -2.39. The summed E-state index contributed by atoms with van der Waals surface area (Å²) in [6, 6.07) is 4.48. The van der Waals surface area contributed by atoms with E-state index in [0.29, 0.717) is 37.5 Å². The lowest BCUT2D eigenvalue weighted by Gasteiger charge is -2.29. The van der Waals surface area contributed by atoms with E-state index in [4.69, 9.17) is 4.74 Å². The molecular weight excluding hydrogens is 348 g/mol. The highest BCUT2D eigenvalue weighted by atomic mass is 16.6. The van der Waals surface area contributed by atoms with Crippen molar-refractivity contribution >= 4 is 17.9 Å². The molecular formula is C20H28N2O5. The number of unbranched alkanes of at least 4 members (excludes halogenated alkanes) is 1. The van der Waals surface area contributed by atoms with Crippen molar-refractivity contribution in [2.45, 2.75) is 64.3 Å². The number of rotatable bonds is 11. The third kappa shape index (κ3) is 6.05. The fourth-order valence-corrected chi connectivity index (χ4v) is 3.50. The molecule has 1 aliphatic rings. The summed E-state index contributed by atoms with van der Waals surface area (Å²) in [5.41, 5.74) is -0.254. The van der Waals surface area contributed by atoms with Crippen molar-refractivity contribution < 1.29 is 19.2 Å². The number of hydrogen-bond donors (Lipinski definition) is 0. The van der Waals surface area contributed by atoms with Gasteiger partial charge in [-0.25, -0.2) is 0 Å². The third-order valence-corrected chi connectivity index (χ3v) is 4.96. The maximum atomic E-state index is 12.6. The van der Waals surface area contributed by atoms with Crippen molar-refractivity contribution in [3.05, 3.63) is 33.9 Å². The number of nitro benzene ring substituents is 1. The highest BCUT2D eigenvalue weighted by Gasteiger charge is 2.25. The Hall–Kier alpha value is -2.44. The molecule has 1 aliphatic carbocycles. The average Bonchev–Trinajstić information content (AvgIpc) is 3.19. The Labute approximate surface area is 159 Å². The van der Waals surface area contributed by atoms with Gasteiger partial charge < -0.3 is 9.64 Å². The number of aldehydes is 1. The topological polar surface area (TPSA) is 89.8 Å². The van der Waals surface area contributed by atoms with Crippen molar-refractivity contribution in [2.75, 3.05) is 13.2 Å². The number of nitro groups is 1. The molecule has 27 heavy (non-hydrogen) atoms. The first-order valence-electron chi connectivity index (χ1n) is 9.72. The number of benzene rings is 1. The molecule has 0 atom stereocenters. The molecule has 0 aromatic heterocycles. The van der Waals surface area contributed by atoms with Crippen molar-refractivity contribution in [1.29, 1.82) is 0 Å². The maximum absolute atomic E-state index is 12.6. The molecule has 0 aliphatic heterocycles. The van der Waals surface area contributed by atoms with E-state index in [1.54, 1.807) is 0 Å². The summed E-state index contributed by atoms with van der Waals surface area (Å²) in [4.78, 5) is 35.9. The monoisotopic (exact) mass is 376 g/mol. The molecule has 0 saturated heterocycles. The van der Waals surface area contributed by atoms with Gasteiger partial charge >= 0.3 is 0 Å². The van der Waals surface area contributed by atoms with Gasteiger partial charge in [0.05, 0.1) is 17.1 Å². The average molecular weight is 376 g/mol. The first kappa shape index (κ1) is 20.9. The predicted octanol–water partition coefficient (Wildman–Crippen LogP) is 4.14. The Kier molecular flexibility index (Phi) is 8.23. The summed E-state index contributed by atoms with van der Waals surface area (Å²) in [6.45, 7) is 3.28. The SMILES string of the molecule is CCCCN(C(=O)CCCOc1ccc([N+](=O)[O-])c(C=O)c1)C1CCCC1. The van der Waals surface area contributed by atoms with E-state index in [0.717, 1.165) is 32.2 Å². The highest BCUT2D eigenvalue weighted by Crippen LogP contribution is 2.25. The molecule has 0 unspecified atom stereocenters. The van der Waals surface area contributed by atoms with Crippen LogP contribution in [0.15, 0.2) is 18.2 Å². The van der Waals surface area contributed by atoms with Gasteiger partial charge in [0.1, 0.15) is 5.75 Å². The van der Waals surface area contributed by atoms with Crippen LogP contribution in [0, 0.1) is 10.1 Å². The van der Waals surface area contributed by atoms with Crippen LogP contribution in [0.1, 0.15) is 68.6 Å². The summed E-state index contributed by atoms with van der Waals surface area (Å²) < 4.78 is 5.57. The minimum atomic E-state index is -0.597. The lowest BCUT2D eigenvalue weighted by atomic mass is 10.1. The van der Waals surface area contributed by atoms with Gasteiger partial charge in [0.25, 0.3) is 5.69 Å². The van der Waals surface area contributed by atoms with Gasteiger partial charge in [0, 0.05) is 25.1 Å². The standard InChI is InChI=1S/C20H28N2O5/c1-2-3-12-21(17-7-4-5-8-17)20(24)9-6-13-27-18-10-11-19(22(25)26)16(14-18)15-23/h10-11,14-15,17H,2-9,12-13H2,1H3. The number of amides is 1. The molecule has 0 spiro atoms. The van der Waals surface area contributed by atoms with E-state index < -0.39 is 4.92 Å². The Morgan fingerprint density at radius 2 is 2.07 bits per heavy atom. The molecule has 1 aromatic rings. The van der Waals surface area contributed by atoms with Crippen molar-refractivity contribution in [3.8, 4) is 5.75 Å². The normalized spacial score (nSPS) is 14.1. The van der Waals surface area contributed by atoms with E-state index in [2.05, 4.69) is 6.92 Å². The Morgan fingerprint density at radius 3 is 2.70 bits per heavy atom. The van der Waals surface area contributed by atoms with Crippen molar-refractivity contribution in [3.63, 3.8) is 0 Å². The molecule has 148 valence electrons. The molecule has 1 saturated carbocycles. The third-order valence-electron chi connectivity index (χ3n) is 4.96. The number of nitrogens with zero attached hydrogens (tertiary/aromatic N) is 2. The second-order valence-corrected chi connectivity index (χ2v) is 6.93. The van der Waals surface area contributed by atoms with Gasteiger partial charge in [0.2, 0.25) is 5.91 Å². The first-order chi connectivity index (χ1) is 13.1. The van der Waals surface area contributed by atoms with Crippen LogP contribution in [0.2, 0.25) is 0 Å². The molecule has 1 aromatic carbocycles. The molecule has 1 amide bonds. The van der Waals surface area contributed by atoms with Gasteiger partial charge in [-0.05, 0) is 37.8 Å². The molecule has 1 fully saturated rings. The number of carbonyl (C=O) groups is 2. The summed E-state index contributed by atoms with van der Waals surface area (Å²) in [5.74, 6) is 0.574. The molecule has 0 N–H and O–H groups in total. The lowest BCUT2D eigenvalue weighted by molar-refractivity contribution is -0.385. The quantitative estimate of drug-likeness (QED) is 0.251. The minimum absolute atomic E-state index is 0.0134.